The smallest absolute Gasteiger partial charge is 0.310 e. The second kappa shape index (κ2) is 6.30. The summed E-state index contributed by atoms with van der Waals surface area (Å²) in [4.78, 5) is 9.82. The van der Waals surface area contributed by atoms with Crippen molar-refractivity contribution in [1.29, 1.82) is 0 Å². The highest BCUT2D eigenvalue weighted by Gasteiger charge is 2.25. The Morgan fingerprint density at radius 2 is 1.19 bits per heavy atom. The Kier molecular flexibility index (Phi) is 5.56. The molecule has 0 saturated heterocycles. The minimum atomic E-state index is -2.76. The van der Waals surface area contributed by atoms with Gasteiger partial charge in [-0.05, 0) is 0 Å². The van der Waals surface area contributed by atoms with E-state index in [0.717, 1.165) is 0 Å². The fourth-order valence-corrected chi connectivity index (χ4v) is 3.32. The van der Waals surface area contributed by atoms with Gasteiger partial charge in [0.25, 0.3) is 0 Å². The van der Waals surface area contributed by atoms with Gasteiger partial charge in [0.15, 0.2) is 5.75 Å². The van der Waals surface area contributed by atoms with Crippen molar-refractivity contribution < 1.29 is 27.6 Å². The van der Waals surface area contributed by atoms with E-state index < -0.39 is 22.5 Å². The second-order valence-electron chi connectivity index (χ2n) is 5.71. The van der Waals surface area contributed by atoms with Crippen LogP contribution in [0.1, 0.15) is 0 Å². The fourth-order valence-electron chi connectivity index (χ4n) is 1.47. The first-order valence-electron chi connectivity index (χ1n) is 6.14. The predicted molar refractivity (Wildman–Crippen MR) is 88.2 cm³/mol. The number of rotatable bonds is 6. The van der Waals surface area contributed by atoms with Gasteiger partial charge in [-0.15, -0.1) is 0 Å². The SMILES string of the molecule is CP(C)(=O)Oc1cc(OP(C)(C)=O)cc(O[P+](C)(C)O)c1. The molecule has 0 bridgehead atoms. The van der Waals surface area contributed by atoms with E-state index in [0.29, 0.717) is 5.75 Å². The molecule has 120 valence electrons. The molecule has 0 aromatic heterocycles. The molecular formula is C12H22O6P3+. The molecule has 1 aromatic carbocycles. The lowest BCUT2D eigenvalue weighted by Crippen LogP contribution is -1.98. The van der Waals surface area contributed by atoms with E-state index in [4.69, 9.17) is 13.6 Å². The van der Waals surface area contributed by atoms with Gasteiger partial charge in [0, 0.05) is 44.9 Å². The molecule has 1 aromatic rings. The highest BCUT2D eigenvalue weighted by molar-refractivity contribution is 7.64. The first kappa shape index (κ1) is 18.5. The quantitative estimate of drug-likeness (QED) is 0.777. The van der Waals surface area contributed by atoms with Crippen molar-refractivity contribution in [2.24, 2.45) is 0 Å². The summed E-state index contributed by atoms with van der Waals surface area (Å²) in [6.45, 7) is 9.08. The van der Waals surface area contributed by atoms with Gasteiger partial charge in [-0.2, -0.15) is 0 Å². The Bertz CT molecular complexity index is 553. The third-order valence-electron chi connectivity index (χ3n) is 1.83. The van der Waals surface area contributed by atoms with E-state index in [2.05, 4.69) is 0 Å². The van der Waals surface area contributed by atoms with Crippen LogP contribution in [0.3, 0.4) is 0 Å². The second-order valence-corrected chi connectivity index (χ2v) is 13.9. The van der Waals surface area contributed by atoms with Crippen molar-refractivity contribution in [2.45, 2.75) is 0 Å². The van der Waals surface area contributed by atoms with Crippen molar-refractivity contribution in [3.05, 3.63) is 18.2 Å². The van der Waals surface area contributed by atoms with E-state index in [9.17, 15) is 14.0 Å². The fraction of sp³-hybridized carbons (Fsp3) is 0.500. The molecule has 0 saturated carbocycles. The first-order valence-corrected chi connectivity index (χ1v) is 13.7. The highest BCUT2D eigenvalue weighted by atomic mass is 31.2. The maximum atomic E-state index is 11.8. The largest absolute Gasteiger partial charge is 0.443 e. The third kappa shape index (κ3) is 8.48. The lowest BCUT2D eigenvalue weighted by Gasteiger charge is -2.16. The van der Waals surface area contributed by atoms with Gasteiger partial charge in [0.1, 0.15) is 24.8 Å². The summed E-state index contributed by atoms with van der Waals surface area (Å²) >= 11 is 0. The molecule has 0 aliphatic heterocycles. The number of hydrogen-bond acceptors (Lipinski definition) is 6. The summed E-state index contributed by atoms with van der Waals surface area (Å²) in [7, 11) is -8.06. The molecule has 1 N–H and O–H groups in total. The van der Waals surface area contributed by atoms with Gasteiger partial charge in [0.2, 0.25) is 14.7 Å². The van der Waals surface area contributed by atoms with Crippen LogP contribution in [0, 0.1) is 0 Å². The van der Waals surface area contributed by atoms with Crippen LogP contribution in [-0.4, -0.2) is 44.9 Å². The van der Waals surface area contributed by atoms with Gasteiger partial charge in [-0.25, -0.2) is 4.89 Å². The summed E-state index contributed by atoms with van der Waals surface area (Å²) in [6.07, 6.45) is 0. The molecule has 0 fully saturated rings. The van der Waals surface area contributed by atoms with Gasteiger partial charge >= 0.3 is 7.72 Å². The van der Waals surface area contributed by atoms with Crippen molar-refractivity contribution in [1.82, 2.24) is 0 Å². The van der Waals surface area contributed by atoms with E-state index in [-0.39, 0.29) is 11.5 Å². The zero-order valence-electron chi connectivity index (χ0n) is 13.1. The van der Waals surface area contributed by atoms with Crippen LogP contribution in [-0.2, 0) is 9.13 Å². The van der Waals surface area contributed by atoms with Gasteiger partial charge in [0.05, 0.1) is 0 Å². The Labute approximate surface area is 126 Å². The Hall–Kier alpha value is -0.530. The van der Waals surface area contributed by atoms with Crippen molar-refractivity contribution in [3.63, 3.8) is 0 Å². The monoisotopic (exact) mass is 355 g/mol. The molecule has 6 nitrogen and oxygen atoms in total. The van der Waals surface area contributed by atoms with Crippen LogP contribution in [0.25, 0.3) is 0 Å². The van der Waals surface area contributed by atoms with E-state index >= 15 is 0 Å². The van der Waals surface area contributed by atoms with Gasteiger partial charge in [-0.3, -0.25) is 9.13 Å². The topological polar surface area (TPSA) is 82.1 Å². The highest BCUT2D eigenvalue weighted by Crippen LogP contribution is 2.50. The summed E-state index contributed by atoms with van der Waals surface area (Å²) in [5, 5.41) is 0. The van der Waals surface area contributed by atoms with Gasteiger partial charge in [-0.1, -0.05) is 0 Å². The summed E-state index contributed by atoms with van der Waals surface area (Å²) in [6, 6.07) is 4.52. The summed E-state index contributed by atoms with van der Waals surface area (Å²) in [5.41, 5.74) is 0. The van der Waals surface area contributed by atoms with Crippen LogP contribution in [0.4, 0.5) is 0 Å². The van der Waals surface area contributed by atoms with Crippen LogP contribution in [0.2, 0.25) is 0 Å². The third-order valence-corrected chi connectivity index (χ3v) is 3.79. The first-order chi connectivity index (χ1) is 9.23. The Morgan fingerprint density at radius 1 is 0.857 bits per heavy atom. The predicted octanol–water partition coefficient (Wildman–Crippen LogP) is 4.00. The zero-order chi connectivity index (χ0) is 16.5. The normalized spacial score (nSPS) is 12.9. The van der Waals surface area contributed by atoms with E-state index in [1.165, 1.54) is 44.9 Å². The minimum Gasteiger partial charge on any atom is -0.443 e. The average Bonchev–Trinajstić information content (AvgIpc) is 2.06. The standard InChI is InChI=1S/C12H22O6P3/c1-19(2,13)16-10-7-11(17-20(3,4)14)9-12(8-10)18-21(5,6)15/h7-9,13H,1-6H3/q+1. The molecule has 9 heteroatoms. The van der Waals surface area contributed by atoms with Crippen LogP contribution < -0.4 is 13.6 Å². The van der Waals surface area contributed by atoms with Crippen molar-refractivity contribution in [3.8, 4) is 17.2 Å². The zero-order valence-corrected chi connectivity index (χ0v) is 15.7. The van der Waals surface area contributed by atoms with Crippen molar-refractivity contribution in [2.75, 3.05) is 40.0 Å². The molecule has 0 atom stereocenters. The molecule has 0 aliphatic rings. The molecule has 0 aliphatic carbocycles. The molecule has 0 amide bonds. The Balaban J connectivity index is 3.19. The molecule has 1 rings (SSSR count). The molecular weight excluding hydrogens is 333 g/mol. The van der Waals surface area contributed by atoms with Crippen LogP contribution in [0.5, 0.6) is 17.2 Å². The maximum Gasteiger partial charge on any atom is 0.310 e. The average molecular weight is 355 g/mol. The lowest BCUT2D eigenvalue weighted by atomic mass is 10.3. The minimum absolute atomic E-state index is 0.276. The maximum absolute atomic E-state index is 11.8. The summed E-state index contributed by atoms with van der Waals surface area (Å²) < 4.78 is 39.7. The van der Waals surface area contributed by atoms with E-state index in [1.54, 1.807) is 13.3 Å². The Morgan fingerprint density at radius 3 is 1.48 bits per heavy atom. The van der Waals surface area contributed by atoms with Crippen molar-refractivity contribution >= 4 is 22.5 Å². The number of hydrogen-bond donors (Lipinski definition) is 1. The molecule has 0 radical (unpaired) electrons. The van der Waals surface area contributed by atoms with Gasteiger partial charge < -0.3 is 13.6 Å². The molecule has 0 heterocycles. The molecule has 0 unspecified atom stereocenters. The van der Waals surface area contributed by atoms with Crippen LogP contribution >= 0.6 is 22.5 Å². The molecule has 21 heavy (non-hydrogen) atoms. The molecule has 0 spiro atoms. The summed E-state index contributed by atoms with van der Waals surface area (Å²) in [5.74, 6) is 0.862. The van der Waals surface area contributed by atoms with E-state index in [1.807, 2.05) is 0 Å². The number of benzene rings is 1. The van der Waals surface area contributed by atoms with Crippen LogP contribution in [0.15, 0.2) is 18.2 Å². The lowest BCUT2D eigenvalue weighted by molar-refractivity contribution is 0.461.